The molecule has 4 aromatic rings. The molecule has 0 bridgehead atoms. The van der Waals surface area contributed by atoms with Gasteiger partial charge < -0.3 is 9.15 Å². The van der Waals surface area contributed by atoms with E-state index in [9.17, 15) is 4.79 Å². The van der Waals surface area contributed by atoms with Gasteiger partial charge in [0, 0.05) is 21.7 Å². The summed E-state index contributed by atoms with van der Waals surface area (Å²) in [6.07, 6.45) is 1.53. The molecule has 0 aliphatic rings. The Morgan fingerprint density at radius 1 is 0.913 bits per heavy atom. The fraction of sp³-hybridized carbons (Fsp3) is 0.0500. The standard InChI is InChI=1S/C20H14O3/c1-22-18-11-16-17(19(21)13-7-3-2-4-8-13)12-23-20(16)15-10-6-5-9-14(15)18/h2-12H,1H3. The van der Waals surface area contributed by atoms with E-state index in [-0.39, 0.29) is 5.78 Å². The summed E-state index contributed by atoms with van der Waals surface area (Å²) in [5.74, 6) is 0.679. The average molecular weight is 302 g/mol. The average Bonchev–Trinajstić information content (AvgIpc) is 3.05. The topological polar surface area (TPSA) is 39.4 Å². The second-order valence-electron chi connectivity index (χ2n) is 5.35. The zero-order chi connectivity index (χ0) is 15.8. The van der Waals surface area contributed by atoms with E-state index in [1.165, 1.54) is 6.26 Å². The Bertz CT molecular complexity index is 1010. The fourth-order valence-electron chi connectivity index (χ4n) is 2.91. The molecule has 0 aliphatic heterocycles. The van der Waals surface area contributed by atoms with E-state index in [1.807, 2.05) is 48.5 Å². The molecule has 1 heterocycles. The van der Waals surface area contributed by atoms with E-state index >= 15 is 0 Å². The second kappa shape index (κ2) is 5.29. The molecule has 3 nitrogen and oxygen atoms in total. The predicted octanol–water partition coefficient (Wildman–Crippen LogP) is 4.83. The third kappa shape index (κ3) is 2.09. The van der Waals surface area contributed by atoms with E-state index in [0.717, 1.165) is 21.9 Å². The van der Waals surface area contributed by atoms with Crippen molar-refractivity contribution in [2.45, 2.75) is 0 Å². The quantitative estimate of drug-likeness (QED) is 0.509. The Hall–Kier alpha value is -3.07. The summed E-state index contributed by atoms with van der Waals surface area (Å²) in [6.45, 7) is 0. The zero-order valence-corrected chi connectivity index (χ0v) is 12.6. The van der Waals surface area contributed by atoms with Crippen LogP contribution < -0.4 is 4.74 Å². The van der Waals surface area contributed by atoms with E-state index < -0.39 is 0 Å². The number of methoxy groups -OCH3 is 1. The van der Waals surface area contributed by atoms with Gasteiger partial charge in [-0.2, -0.15) is 0 Å². The van der Waals surface area contributed by atoms with Crippen LogP contribution in [0, 0.1) is 0 Å². The molecule has 3 heteroatoms. The lowest BCUT2D eigenvalue weighted by atomic mass is 10.00. The van der Waals surface area contributed by atoms with E-state index in [2.05, 4.69) is 0 Å². The van der Waals surface area contributed by atoms with Crippen molar-refractivity contribution in [1.29, 1.82) is 0 Å². The third-order valence-corrected chi connectivity index (χ3v) is 4.04. The molecular formula is C20H14O3. The normalized spacial score (nSPS) is 11.0. The van der Waals surface area contributed by atoms with Crippen LogP contribution in [-0.2, 0) is 0 Å². The number of carbonyl (C=O) groups excluding carboxylic acids is 1. The first-order valence-corrected chi connectivity index (χ1v) is 7.36. The summed E-state index contributed by atoms with van der Waals surface area (Å²) in [5.41, 5.74) is 1.90. The first-order valence-electron chi connectivity index (χ1n) is 7.36. The van der Waals surface area contributed by atoms with Crippen LogP contribution in [0.15, 0.2) is 71.3 Å². The van der Waals surface area contributed by atoms with Crippen LogP contribution >= 0.6 is 0 Å². The van der Waals surface area contributed by atoms with Gasteiger partial charge in [0.25, 0.3) is 0 Å². The minimum absolute atomic E-state index is 0.0540. The summed E-state index contributed by atoms with van der Waals surface area (Å²) < 4.78 is 11.2. The lowest BCUT2D eigenvalue weighted by Crippen LogP contribution is -1.99. The maximum absolute atomic E-state index is 12.8. The Balaban J connectivity index is 2.00. The summed E-state index contributed by atoms with van der Waals surface area (Å²) in [7, 11) is 1.63. The minimum Gasteiger partial charge on any atom is -0.496 e. The highest BCUT2D eigenvalue weighted by atomic mass is 16.5. The number of fused-ring (bicyclic) bond motifs is 3. The maximum atomic E-state index is 12.8. The molecule has 0 amide bonds. The molecule has 0 unspecified atom stereocenters. The molecule has 0 saturated heterocycles. The summed E-state index contributed by atoms with van der Waals surface area (Å²) >= 11 is 0. The van der Waals surface area contributed by atoms with Crippen LogP contribution in [0.1, 0.15) is 15.9 Å². The van der Waals surface area contributed by atoms with Crippen molar-refractivity contribution in [1.82, 2.24) is 0 Å². The largest absolute Gasteiger partial charge is 0.496 e. The highest BCUT2D eigenvalue weighted by Crippen LogP contribution is 2.36. The molecule has 112 valence electrons. The Morgan fingerprint density at radius 2 is 1.61 bits per heavy atom. The summed E-state index contributed by atoms with van der Waals surface area (Å²) in [6, 6.07) is 18.9. The van der Waals surface area contributed by atoms with Crippen LogP contribution in [0.4, 0.5) is 0 Å². The van der Waals surface area contributed by atoms with Crippen molar-refractivity contribution in [3.63, 3.8) is 0 Å². The monoisotopic (exact) mass is 302 g/mol. The van der Waals surface area contributed by atoms with Gasteiger partial charge in [0.2, 0.25) is 0 Å². The molecule has 0 aliphatic carbocycles. The van der Waals surface area contributed by atoms with Gasteiger partial charge in [-0.15, -0.1) is 0 Å². The van der Waals surface area contributed by atoms with Crippen LogP contribution in [0.25, 0.3) is 21.7 Å². The minimum atomic E-state index is -0.0540. The molecule has 4 rings (SSSR count). The number of ether oxygens (including phenoxy) is 1. The molecule has 1 aromatic heterocycles. The fourth-order valence-corrected chi connectivity index (χ4v) is 2.91. The highest BCUT2D eigenvalue weighted by molar-refractivity contribution is 6.20. The van der Waals surface area contributed by atoms with Gasteiger partial charge in [-0.3, -0.25) is 4.79 Å². The molecule has 0 atom stereocenters. The molecule has 0 fully saturated rings. The third-order valence-electron chi connectivity index (χ3n) is 4.04. The molecule has 0 saturated carbocycles. The highest BCUT2D eigenvalue weighted by Gasteiger charge is 2.18. The van der Waals surface area contributed by atoms with Gasteiger partial charge in [0.1, 0.15) is 17.6 Å². The number of carbonyl (C=O) groups is 1. The van der Waals surface area contributed by atoms with E-state index in [1.54, 1.807) is 19.2 Å². The zero-order valence-electron chi connectivity index (χ0n) is 12.6. The maximum Gasteiger partial charge on any atom is 0.196 e. The number of rotatable bonds is 3. The molecule has 23 heavy (non-hydrogen) atoms. The Labute approximate surface area is 133 Å². The smallest absolute Gasteiger partial charge is 0.196 e. The van der Waals surface area contributed by atoms with Crippen molar-refractivity contribution in [3.05, 3.63) is 78.1 Å². The Morgan fingerprint density at radius 3 is 2.35 bits per heavy atom. The first kappa shape index (κ1) is 13.6. The molecule has 0 radical (unpaired) electrons. The van der Waals surface area contributed by atoms with Crippen LogP contribution in [-0.4, -0.2) is 12.9 Å². The van der Waals surface area contributed by atoms with Crippen molar-refractivity contribution in [2.75, 3.05) is 7.11 Å². The van der Waals surface area contributed by atoms with Gasteiger partial charge >= 0.3 is 0 Å². The molecule has 3 aromatic carbocycles. The Kier molecular flexibility index (Phi) is 3.12. The lowest BCUT2D eigenvalue weighted by molar-refractivity contribution is 0.103. The van der Waals surface area contributed by atoms with Gasteiger partial charge in [0.15, 0.2) is 5.78 Å². The van der Waals surface area contributed by atoms with Crippen LogP contribution in [0.2, 0.25) is 0 Å². The molecule has 0 spiro atoms. The van der Waals surface area contributed by atoms with Crippen molar-refractivity contribution >= 4 is 27.5 Å². The van der Waals surface area contributed by atoms with Crippen LogP contribution in [0.5, 0.6) is 5.75 Å². The van der Waals surface area contributed by atoms with Crippen molar-refractivity contribution in [3.8, 4) is 5.75 Å². The van der Waals surface area contributed by atoms with Gasteiger partial charge in [-0.05, 0) is 6.07 Å². The number of benzene rings is 3. The SMILES string of the molecule is COc1cc2c(C(=O)c3ccccc3)coc2c2ccccc12. The van der Waals surface area contributed by atoms with E-state index in [4.69, 9.17) is 9.15 Å². The molecular weight excluding hydrogens is 288 g/mol. The lowest BCUT2D eigenvalue weighted by Gasteiger charge is -2.06. The van der Waals surface area contributed by atoms with E-state index in [0.29, 0.717) is 16.7 Å². The van der Waals surface area contributed by atoms with Gasteiger partial charge in [-0.1, -0.05) is 54.6 Å². The van der Waals surface area contributed by atoms with Gasteiger partial charge in [-0.25, -0.2) is 0 Å². The second-order valence-corrected chi connectivity index (χ2v) is 5.35. The number of hydrogen-bond acceptors (Lipinski definition) is 3. The first-order chi connectivity index (χ1) is 11.3. The number of hydrogen-bond donors (Lipinski definition) is 0. The predicted molar refractivity (Wildman–Crippen MR) is 90.1 cm³/mol. The van der Waals surface area contributed by atoms with Crippen molar-refractivity contribution < 1.29 is 13.9 Å². The van der Waals surface area contributed by atoms with Crippen LogP contribution in [0.3, 0.4) is 0 Å². The van der Waals surface area contributed by atoms with Crippen molar-refractivity contribution in [2.24, 2.45) is 0 Å². The number of ketones is 1. The summed E-state index contributed by atoms with van der Waals surface area (Å²) in [4.78, 5) is 12.8. The number of furan rings is 1. The summed E-state index contributed by atoms with van der Waals surface area (Å²) in [5, 5.41) is 2.68. The molecule has 0 N–H and O–H groups in total. The van der Waals surface area contributed by atoms with Gasteiger partial charge in [0.05, 0.1) is 12.7 Å².